The predicted octanol–water partition coefficient (Wildman–Crippen LogP) is -0.390. The van der Waals surface area contributed by atoms with E-state index < -0.39 is 18.1 Å². The van der Waals surface area contributed by atoms with E-state index in [1.165, 1.54) is 0 Å². The molecule has 2 rings (SSSR count). The number of ether oxygens (including phenoxy) is 1. The topological polar surface area (TPSA) is 93.5 Å². The lowest BCUT2D eigenvalue weighted by Gasteiger charge is -2.15. The van der Waals surface area contributed by atoms with Crippen LogP contribution in [0.3, 0.4) is 0 Å². The summed E-state index contributed by atoms with van der Waals surface area (Å²) in [5.41, 5.74) is -0.0739. The molecule has 7 heteroatoms. The van der Waals surface area contributed by atoms with Crippen molar-refractivity contribution >= 4 is 16.9 Å². The number of hydrogen-bond donors (Lipinski definition) is 0. The van der Waals surface area contributed by atoms with Crippen molar-refractivity contribution in [2.45, 2.75) is 13.8 Å². The van der Waals surface area contributed by atoms with Crippen LogP contribution in [-0.4, -0.2) is 28.9 Å². The maximum atomic E-state index is 12.3. The largest absolute Gasteiger partial charge is 0.546 e. The highest BCUT2D eigenvalue weighted by molar-refractivity contribution is 5.77. The molecule has 0 aliphatic rings. The van der Waals surface area contributed by atoms with E-state index in [1.54, 1.807) is 24.3 Å². The fourth-order valence-corrected chi connectivity index (χ4v) is 1.66. The molecule has 0 spiro atoms. The Kier molecular flexibility index (Phi) is 4.42. The number of fused-ring (bicyclic) bond motifs is 1. The molecule has 0 saturated carbocycles. The normalized spacial score (nSPS) is 10.8. The van der Waals surface area contributed by atoms with Gasteiger partial charge in [-0.1, -0.05) is 30.7 Å². The Morgan fingerprint density at radius 1 is 1.38 bits per heavy atom. The molecule has 7 nitrogen and oxygen atoms in total. The van der Waals surface area contributed by atoms with Gasteiger partial charge < -0.3 is 19.5 Å². The van der Waals surface area contributed by atoms with Gasteiger partial charge in [0.25, 0.3) is 5.56 Å². The number of aromatic nitrogens is 2. The van der Waals surface area contributed by atoms with E-state index in [1.807, 2.05) is 13.8 Å². The highest BCUT2D eigenvalue weighted by atomic mass is 16.7. The highest BCUT2D eigenvalue weighted by Gasteiger charge is 2.13. The molecule has 0 bridgehead atoms. The zero-order valence-corrected chi connectivity index (χ0v) is 11.7. The molecule has 0 atom stereocenters. The molecule has 2 aromatic rings. The summed E-state index contributed by atoms with van der Waals surface area (Å²) >= 11 is 0. The van der Waals surface area contributed by atoms with Crippen LogP contribution in [0, 0.1) is 5.92 Å². The van der Waals surface area contributed by atoms with E-state index in [4.69, 9.17) is 9.57 Å². The summed E-state index contributed by atoms with van der Waals surface area (Å²) in [7, 11) is 0. The molecule has 1 aromatic carbocycles. The second-order valence-corrected chi connectivity index (χ2v) is 4.86. The van der Waals surface area contributed by atoms with Gasteiger partial charge in [-0.2, -0.15) is 4.98 Å². The summed E-state index contributed by atoms with van der Waals surface area (Å²) in [4.78, 5) is 31.9. The Morgan fingerprint density at radius 2 is 2.10 bits per heavy atom. The average molecular weight is 291 g/mol. The number of nitrogens with zero attached hydrogens (tertiary/aromatic N) is 2. The van der Waals surface area contributed by atoms with Gasteiger partial charge in [0.2, 0.25) is 0 Å². The van der Waals surface area contributed by atoms with Crippen LogP contribution in [0.4, 0.5) is 0 Å². The van der Waals surface area contributed by atoms with Crippen LogP contribution in [0.15, 0.2) is 29.1 Å². The second-order valence-electron chi connectivity index (χ2n) is 4.86. The summed E-state index contributed by atoms with van der Waals surface area (Å²) in [5, 5.41) is 10.8. The number of aliphatic carboxylic acids is 1. The summed E-state index contributed by atoms with van der Waals surface area (Å²) in [6.45, 7) is 3.43. The maximum Gasteiger partial charge on any atom is 0.334 e. The van der Waals surface area contributed by atoms with Gasteiger partial charge in [0.05, 0.1) is 23.5 Å². The third-order valence-corrected chi connectivity index (χ3v) is 2.57. The van der Waals surface area contributed by atoms with Crippen LogP contribution >= 0.6 is 0 Å². The molecule has 112 valence electrons. The van der Waals surface area contributed by atoms with Gasteiger partial charge in [-0.15, -0.1) is 0 Å². The SMILES string of the molecule is CC(C)COc1nc2ccccc2c(=O)n1OCC(=O)[O-]. The fraction of sp³-hybridized carbons (Fsp3) is 0.357. The van der Waals surface area contributed by atoms with Crippen LogP contribution in [-0.2, 0) is 4.79 Å². The zero-order valence-electron chi connectivity index (χ0n) is 11.7. The minimum Gasteiger partial charge on any atom is -0.546 e. The van der Waals surface area contributed by atoms with Gasteiger partial charge in [0.1, 0.15) is 0 Å². The molecule has 0 aliphatic carbocycles. The lowest BCUT2D eigenvalue weighted by molar-refractivity contribution is -0.309. The molecule has 0 unspecified atom stereocenters. The summed E-state index contributed by atoms with van der Waals surface area (Å²) in [6, 6.07) is 6.60. The number of carboxylic acids is 1. The first-order chi connectivity index (χ1) is 9.99. The van der Waals surface area contributed by atoms with E-state index in [9.17, 15) is 14.7 Å². The van der Waals surface area contributed by atoms with Crippen LogP contribution in [0.5, 0.6) is 6.01 Å². The lowest BCUT2D eigenvalue weighted by atomic mass is 10.2. The summed E-state index contributed by atoms with van der Waals surface area (Å²) in [6.07, 6.45) is 0. The number of para-hydroxylation sites is 1. The van der Waals surface area contributed by atoms with Crippen molar-refractivity contribution < 1.29 is 19.5 Å². The van der Waals surface area contributed by atoms with Crippen LogP contribution in [0.1, 0.15) is 13.8 Å². The number of hydrogen-bond acceptors (Lipinski definition) is 6. The van der Waals surface area contributed by atoms with Crippen molar-refractivity contribution in [3.8, 4) is 6.01 Å². The predicted molar refractivity (Wildman–Crippen MR) is 72.8 cm³/mol. The molecule has 0 saturated heterocycles. The van der Waals surface area contributed by atoms with Crippen molar-refractivity contribution in [3.63, 3.8) is 0 Å². The lowest BCUT2D eigenvalue weighted by Crippen LogP contribution is -2.37. The van der Waals surface area contributed by atoms with Gasteiger partial charge >= 0.3 is 6.01 Å². The second kappa shape index (κ2) is 6.25. The van der Waals surface area contributed by atoms with Crippen LogP contribution in [0.2, 0.25) is 0 Å². The smallest absolute Gasteiger partial charge is 0.334 e. The van der Waals surface area contributed by atoms with Crippen molar-refractivity contribution in [2.24, 2.45) is 5.92 Å². The molecular weight excluding hydrogens is 276 g/mol. The highest BCUT2D eigenvalue weighted by Crippen LogP contribution is 2.12. The van der Waals surface area contributed by atoms with E-state index in [-0.39, 0.29) is 11.9 Å². The van der Waals surface area contributed by atoms with Gasteiger partial charge in [0.15, 0.2) is 6.61 Å². The number of benzene rings is 1. The standard InChI is InChI=1S/C14H16N2O5/c1-9(2)7-20-14-15-11-6-4-3-5-10(11)13(19)16(14)21-8-12(17)18/h3-6,9H,7-8H2,1-2H3,(H,17,18)/p-1. The fourth-order valence-electron chi connectivity index (χ4n) is 1.66. The average Bonchev–Trinajstić information content (AvgIpc) is 2.44. The van der Waals surface area contributed by atoms with Crippen molar-refractivity contribution in [3.05, 3.63) is 34.6 Å². The number of carboxylic acid groups (broad SMARTS) is 1. The zero-order chi connectivity index (χ0) is 15.4. The Balaban J connectivity index is 2.48. The van der Waals surface area contributed by atoms with Crippen LogP contribution < -0.4 is 20.2 Å². The number of rotatable bonds is 6. The van der Waals surface area contributed by atoms with Gasteiger partial charge in [-0.25, -0.2) is 0 Å². The minimum absolute atomic E-state index is 0.0753. The molecule has 0 N–H and O–H groups in total. The monoisotopic (exact) mass is 291 g/mol. The summed E-state index contributed by atoms with van der Waals surface area (Å²) < 4.78 is 6.18. The molecule has 1 heterocycles. The first-order valence-electron chi connectivity index (χ1n) is 6.46. The summed E-state index contributed by atoms with van der Waals surface area (Å²) in [5.74, 6) is -1.23. The molecule has 21 heavy (non-hydrogen) atoms. The Hall–Kier alpha value is -2.57. The van der Waals surface area contributed by atoms with E-state index in [0.717, 1.165) is 4.73 Å². The Morgan fingerprint density at radius 3 is 2.76 bits per heavy atom. The molecule has 0 radical (unpaired) electrons. The van der Waals surface area contributed by atoms with Crippen molar-refractivity contribution in [1.82, 2.24) is 9.71 Å². The molecule has 0 fully saturated rings. The molecule has 0 aliphatic heterocycles. The maximum absolute atomic E-state index is 12.3. The third kappa shape index (κ3) is 3.50. The van der Waals surface area contributed by atoms with E-state index >= 15 is 0 Å². The van der Waals surface area contributed by atoms with Crippen molar-refractivity contribution in [2.75, 3.05) is 13.2 Å². The number of carbonyl (C=O) groups excluding carboxylic acids is 1. The number of carbonyl (C=O) groups is 1. The molecular formula is C14H15N2O5-. The molecule has 0 amide bonds. The first kappa shape index (κ1) is 14.8. The Labute approximate surface area is 120 Å². The van der Waals surface area contributed by atoms with E-state index in [2.05, 4.69) is 4.98 Å². The minimum atomic E-state index is -1.44. The van der Waals surface area contributed by atoms with Crippen LogP contribution in [0.25, 0.3) is 10.9 Å². The molecule has 1 aromatic heterocycles. The Bertz CT molecular complexity index is 708. The van der Waals surface area contributed by atoms with Crippen molar-refractivity contribution in [1.29, 1.82) is 0 Å². The van der Waals surface area contributed by atoms with E-state index in [0.29, 0.717) is 17.5 Å². The van der Waals surface area contributed by atoms with Gasteiger partial charge in [-0.05, 0) is 18.1 Å². The third-order valence-electron chi connectivity index (χ3n) is 2.57. The van der Waals surface area contributed by atoms with Gasteiger partial charge in [0, 0.05) is 0 Å². The quantitative estimate of drug-likeness (QED) is 0.719. The van der Waals surface area contributed by atoms with Gasteiger partial charge in [-0.3, -0.25) is 4.79 Å². The first-order valence-corrected chi connectivity index (χ1v) is 6.46.